The van der Waals surface area contributed by atoms with E-state index in [2.05, 4.69) is 15.7 Å². The summed E-state index contributed by atoms with van der Waals surface area (Å²) in [6, 6.07) is 5.93. The first-order chi connectivity index (χ1) is 10.2. The van der Waals surface area contributed by atoms with Crippen LogP contribution in [-0.2, 0) is 9.53 Å². The molecule has 1 aromatic heterocycles. The van der Waals surface area contributed by atoms with Crippen LogP contribution in [0.1, 0.15) is 0 Å². The smallest absolute Gasteiger partial charge is 0.243 e. The lowest BCUT2D eigenvalue weighted by Gasteiger charge is -2.22. The van der Waals surface area contributed by atoms with Crippen LogP contribution in [0, 0.1) is 5.82 Å². The average Bonchev–Trinajstić information content (AvgIpc) is 2.97. The van der Waals surface area contributed by atoms with Gasteiger partial charge in [0.15, 0.2) is 0 Å². The van der Waals surface area contributed by atoms with Gasteiger partial charge in [-0.05, 0) is 12.1 Å². The lowest BCUT2D eigenvalue weighted by molar-refractivity contribution is -0.120. The van der Waals surface area contributed by atoms with Gasteiger partial charge in [0.25, 0.3) is 0 Å². The summed E-state index contributed by atoms with van der Waals surface area (Å²) in [7, 11) is 0. The number of carbonyl (C=O) groups is 1. The fourth-order valence-electron chi connectivity index (χ4n) is 2.12. The molecule has 1 aromatic carbocycles. The number of morpholine rings is 1. The molecule has 2 heterocycles. The van der Waals surface area contributed by atoms with E-state index >= 15 is 0 Å². The van der Waals surface area contributed by atoms with Crippen molar-refractivity contribution in [1.29, 1.82) is 0 Å². The standard InChI is InChI=1S/C14H15FN4O2.ClH/c15-11-3-1-2-4-13(11)19-8-10(7-17-19)18-14(20)12-9-21-6-5-16-12;/h1-4,7-8,12,16H,5-6,9H2,(H,18,20);1H. The fourth-order valence-corrected chi connectivity index (χ4v) is 2.12. The molecule has 6 nitrogen and oxygen atoms in total. The molecule has 1 atom stereocenters. The molecule has 0 bridgehead atoms. The minimum atomic E-state index is -0.379. The first-order valence-corrected chi connectivity index (χ1v) is 6.65. The summed E-state index contributed by atoms with van der Waals surface area (Å²) in [6.45, 7) is 1.59. The van der Waals surface area contributed by atoms with Crippen molar-refractivity contribution < 1.29 is 13.9 Å². The number of nitrogens with one attached hydrogen (secondary N) is 2. The van der Waals surface area contributed by atoms with Gasteiger partial charge in [-0.2, -0.15) is 5.10 Å². The van der Waals surface area contributed by atoms with Gasteiger partial charge in [0.1, 0.15) is 17.5 Å². The van der Waals surface area contributed by atoms with Crippen LogP contribution in [0.4, 0.5) is 10.1 Å². The van der Waals surface area contributed by atoms with E-state index < -0.39 is 0 Å². The molecule has 0 aliphatic carbocycles. The number of hydrogen-bond donors (Lipinski definition) is 2. The van der Waals surface area contributed by atoms with Gasteiger partial charge in [-0.3, -0.25) is 4.79 Å². The van der Waals surface area contributed by atoms with Crippen molar-refractivity contribution in [1.82, 2.24) is 15.1 Å². The highest BCUT2D eigenvalue weighted by atomic mass is 35.5. The summed E-state index contributed by atoms with van der Waals surface area (Å²) in [4.78, 5) is 12.0. The SMILES string of the molecule is Cl.O=C(Nc1cnn(-c2ccccc2F)c1)C1COCCN1. The van der Waals surface area contributed by atoms with Gasteiger partial charge in [0.05, 0.1) is 31.3 Å². The number of benzene rings is 1. The summed E-state index contributed by atoms with van der Waals surface area (Å²) in [5.74, 6) is -0.566. The summed E-state index contributed by atoms with van der Waals surface area (Å²) in [5, 5.41) is 9.85. The van der Waals surface area contributed by atoms with Gasteiger partial charge in [0, 0.05) is 6.54 Å². The first-order valence-electron chi connectivity index (χ1n) is 6.65. The second-order valence-electron chi connectivity index (χ2n) is 4.70. The molecule has 0 spiro atoms. The molecule has 1 amide bonds. The molecule has 1 unspecified atom stereocenters. The second-order valence-corrected chi connectivity index (χ2v) is 4.70. The van der Waals surface area contributed by atoms with E-state index in [9.17, 15) is 9.18 Å². The van der Waals surface area contributed by atoms with Gasteiger partial charge in [-0.15, -0.1) is 12.4 Å². The predicted molar refractivity (Wildman–Crippen MR) is 82.0 cm³/mol. The van der Waals surface area contributed by atoms with Crippen molar-refractivity contribution in [2.45, 2.75) is 6.04 Å². The van der Waals surface area contributed by atoms with E-state index in [1.165, 1.54) is 16.9 Å². The fraction of sp³-hybridized carbons (Fsp3) is 0.286. The molecule has 1 fully saturated rings. The van der Waals surface area contributed by atoms with E-state index in [0.29, 0.717) is 31.1 Å². The highest BCUT2D eigenvalue weighted by Gasteiger charge is 2.21. The summed E-state index contributed by atoms with van der Waals surface area (Å²) in [6.07, 6.45) is 3.05. The lowest BCUT2D eigenvalue weighted by Crippen LogP contribution is -2.48. The van der Waals surface area contributed by atoms with E-state index in [4.69, 9.17) is 4.74 Å². The maximum absolute atomic E-state index is 13.7. The maximum atomic E-state index is 13.7. The summed E-state index contributed by atoms with van der Waals surface area (Å²) < 4.78 is 20.3. The minimum absolute atomic E-state index is 0. The molecule has 1 aliphatic heterocycles. The van der Waals surface area contributed by atoms with Crippen LogP contribution in [0.5, 0.6) is 0 Å². The molecular weight excluding hydrogens is 311 g/mol. The van der Waals surface area contributed by atoms with Crippen LogP contribution in [-0.4, -0.2) is 41.5 Å². The Labute approximate surface area is 133 Å². The van der Waals surface area contributed by atoms with Gasteiger partial charge in [0.2, 0.25) is 5.91 Å². The number of anilines is 1. The molecule has 0 saturated carbocycles. The number of rotatable bonds is 3. The molecular formula is C14H16ClFN4O2. The van der Waals surface area contributed by atoms with Crippen LogP contribution >= 0.6 is 12.4 Å². The molecule has 1 saturated heterocycles. The van der Waals surface area contributed by atoms with Crippen molar-refractivity contribution in [2.75, 3.05) is 25.1 Å². The molecule has 3 rings (SSSR count). The Morgan fingerprint density at radius 1 is 1.45 bits per heavy atom. The number of ether oxygens (including phenoxy) is 1. The zero-order chi connectivity index (χ0) is 14.7. The van der Waals surface area contributed by atoms with Crippen LogP contribution in [0.2, 0.25) is 0 Å². The van der Waals surface area contributed by atoms with E-state index in [0.717, 1.165) is 0 Å². The summed E-state index contributed by atoms with van der Waals surface area (Å²) >= 11 is 0. The Morgan fingerprint density at radius 3 is 3.00 bits per heavy atom. The third-order valence-corrected chi connectivity index (χ3v) is 3.19. The third-order valence-electron chi connectivity index (χ3n) is 3.19. The Kier molecular flexibility index (Phi) is 5.48. The molecule has 22 heavy (non-hydrogen) atoms. The third kappa shape index (κ3) is 3.62. The number of carbonyl (C=O) groups excluding carboxylic acids is 1. The van der Waals surface area contributed by atoms with Crippen LogP contribution in [0.3, 0.4) is 0 Å². The van der Waals surface area contributed by atoms with Gasteiger partial charge in [-0.25, -0.2) is 9.07 Å². The van der Waals surface area contributed by atoms with Crippen LogP contribution in [0.15, 0.2) is 36.7 Å². The topological polar surface area (TPSA) is 68.2 Å². The molecule has 8 heteroatoms. The minimum Gasteiger partial charge on any atom is -0.378 e. The normalized spacial score (nSPS) is 17.6. The summed E-state index contributed by atoms with van der Waals surface area (Å²) in [5.41, 5.74) is 0.841. The number of nitrogens with zero attached hydrogens (tertiary/aromatic N) is 2. The van der Waals surface area contributed by atoms with E-state index in [1.54, 1.807) is 24.4 Å². The van der Waals surface area contributed by atoms with Crippen molar-refractivity contribution >= 4 is 24.0 Å². The van der Waals surface area contributed by atoms with Gasteiger partial charge < -0.3 is 15.4 Å². The van der Waals surface area contributed by atoms with Crippen molar-refractivity contribution in [3.8, 4) is 5.69 Å². The highest BCUT2D eigenvalue weighted by Crippen LogP contribution is 2.15. The Bertz CT molecular complexity index is 643. The zero-order valence-corrected chi connectivity index (χ0v) is 12.5. The lowest BCUT2D eigenvalue weighted by atomic mass is 10.2. The number of amides is 1. The molecule has 2 N–H and O–H groups in total. The van der Waals surface area contributed by atoms with Crippen molar-refractivity contribution in [3.63, 3.8) is 0 Å². The Balaban J connectivity index is 0.00000176. The number of aromatic nitrogens is 2. The molecule has 118 valence electrons. The molecule has 2 aromatic rings. The van der Waals surface area contributed by atoms with Crippen LogP contribution in [0.25, 0.3) is 5.69 Å². The maximum Gasteiger partial charge on any atom is 0.243 e. The van der Waals surface area contributed by atoms with Crippen molar-refractivity contribution in [3.05, 3.63) is 42.5 Å². The quantitative estimate of drug-likeness (QED) is 0.893. The van der Waals surface area contributed by atoms with Crippen molar-refractivity contribution in [2.24, 2.45) is 0 Å². The van der Waals surface area contributed by atoms with E-state index in [-0.39, 0.29) is 30.2 Å². The number of hydrogen-bond acceptors (Lipinski definition) is 4. The average molecular weight is 327 g/mol. The van der Waals surface area contributed by atoms with E-state index in [1.807, 2.05) is 0 Å². The Hall–Kier alpha value is -1.96. The monoisotopic (exact) mass is 326 g/mol. The predicted octanol–water partition coefficient (Wildman–Crippen LogP) is 1.36. The number of para-hydroxylation sites is 1. The highest BCUT2D eigenvalue weighted by molar-refractivity contribution is 5.94. The Morgan fingerprint density at radius 2 is 2.27 bits per heavy atom. The zero-order valence-electron chi connectivity index (χ0n) is 11.7. The second kappa shape index (κ2) is 7.35. The largest absolute Gasteiger partial charge is 0.378 e. The van der Waals surface area contributed by atoms with Gasteiger partial charge >= 0.3 is 0 Å². The number of halogens is 2. The molecule has 0 radical (unpaired) electrons. The first kappa shape index (κ1) is 16.4. The molecule has 1 aliphatic rings. The van der Waals surface area contributed by atoms with Crippen LogP contribution < -0.4 is 10.6 Å². The van der Waals surface area contributed by atoms with Gasteiger partial charge in [-0.1, -0.05) is 12.1 Å².